The molecule has 4 aromatic rings. The van der Waals surface area contributed by atoms with Gasteiger partial charge in [0.1, 0.15) is 0 Å². The van der Waals surface area contributed by atoms with Crippen molar-refractivity contribution in [2.45, 2.75) is 12.8 Å². The van der Waals surface area contributed by atoms with Crippen LogP contribution < -0.4 is 5.32 Å². The molecular formula is C22H22ClN5OS. The summed E-state index contributed by atoms with van der Waals surface area (Å²) < 4.78 is 3.00. The predicted octanol–water partition coefficient (Wildman–Crippen LogP) is 5.10. The van der Waals surface area contributed by atoms with Crippen molar-refractivity contribution in [1.29, 1.82) is 0 Å². The first-order valence-corrected chi connectivity index (χ1v) is 11.2. The number of carbonyl (C=O) groups excluding carboxylic acids is 1. The smallest absolute Gasteiger partial charge is 0.209 e. The number of nitrogens with one attached hydrogen (secondary N) is 1. The van der Waals surface area contributed by atoms with Gasteiger partial charge in [-0.05, 0) is 62.3 Å². The summed E-state index contributed by atoms with van der Waals surface area (Å²) in [6.45, 7) is 2.07. The summed E-state index contributed by atoms with van der Waals surface area (Å²) in [7, 11) is 4.07. The number of Topliss-reactive ketones (excluding diaryl/α,β-unsaturated/α-hetero) is 1. The number of aromatic nitrogens is 3. The summed E-state index contributed by atoms with van der Waals surface area (Å²) in [5.41, 5.74) is 3.41. The Labute approximate surface area is 183 Å². The van der Waals surface area contributed by atoms with E-state index in [1.807, 2.05) is 48.0 Å². The van der Waals surface area contributed by atoms with Gasteiger partial charge in [0.15, 0.2) is 10.9 Å². The molecule has 5 rings (SSSR count). The molecule has 0 amide bonds. The highest BCUT2D eigenvalue weighted by Crippen LogP contribution is 2.31. The van der Waals surface area contributed by atoms with E-state index in [4.69, 9.17) is 16.6 Å². The number of carbonyl (C=O) groups is 1. The van der Waals surface area contributed by atoms with E-state index >= 15 is 0 Å². The molecule has 0 saturated carbocycles. The largest absolute Gasteiger partial charge is 0.313 e. The fourth-order valence-corrected chi connectivity index (χ4v) is 5.24. The lowest BCUT2D eigenvalue weighted by Crippen LogP contribution is -2.16. The van der Waals surface area contributed by atoms with Crippen molar-refractivity contribution in [2.75, 3.05) is 25.5 Å². The third kappa shape index (κ3) is 3.69. The zero-order valence-electron chi connectivity index (χ0n) is 16.9. The van der Waals surface area contributed by atoms with E-state index < -0.39 is 0 Å². The molecule has 0 radical (unpaired) electrons. The molecule has 1 N–H and O–H groups in total. The number of likely N-dealkylation sites (tertiary alicyclic amines) is 1. The number of anilines is 2. The normalized spacial score (nSPS) is 17.2. The number of nitrogens with zero attached hydrogens (tertiary/aromatic N) is 4. The minimum Gasteiger partial charge on any atom is -0.313 e. The minimum absolute atomic E-state index is 0.195. The van der Waals surface area contributed by atoms with Crippen LogP contribution >= 0.6 is 22.9 Å². The topological polar surface area (TPSA) is 63.1 Å². The van der Waals surface area contributed by atoms with Crippen LogP contribution in [0.5, 0.6) is 0 Å². The Morgan fingerprint density at radius 3 is 2.87 bits per heavy atom. The molecule has 8 heteroatoms. The second kappa shape index (κ2) is 7.65. The molecule has 1 atom stereocenters. The number of ketones is 1. The maximum atomic E-state index is 12.8. The molecule has 1 fully saturated rings. The number of rotatable bonds is 5. The van der Waals surface area contributed by atoms with Crippen LogP contribution in [0.2, 0.25) is 5.02 Å². The van der Waals surface area contributed by atoms with E-state index in [-0.39, 0.29) is 5.78 Å². The molecule has 1 aliphatic rings. The van der Waals surface area contributed by atoms with Crippen LogP contribution in [0, 0.1) is 5.92 Å². The van der Waals surface area contributed by atoms with Gasteiger partial charge in [0.05, 0.1) is 21.3 Å². The van der Waals surface area contributed by atoms with Crippen LogP contribution in [0.15, 0.2) is 36.4 Å². The SMILES string of the molecule is CN1CC[C@@H](CC(=O)c2ccc3c(c2)nc(Nc2nc4ccc(Cl)cc4s2)n3C)C1. The van der Waals surface area contributed by atoms with Gasteiger partial charge >= 0.3 is 0 Å². The van der Waals surface area contributed by atoms with Gasteiger partial charge in [0, 0.05) is 30.6 Å². The average molecular weight is 440 g/mol. The van der Waals surface area contributed by atoms with E-state index in [1.165, 1.54) is 11.3 Å². The number of fused-ring (bicyclic) bond motifs is 2. The van der Waals surface area contributed by atoms with Crippen LogP contribution in [-0.4, -0.2) is 45.4 Å². The number of thiazole rings is 1. The lowest BCUT2D eigenvalue weighted by Gasteiger charge is -2.09. The number of hydrogen-bond donors (Lipinski definition) is 1. The van der Waals surface area contributed by atoms with Gasteiger partial charge < -0.3 is 14.8 Å². The van der Waals surface area contributed by atoms with Crippen LogP contribution in [0.3, 0.4) is 0 Å². The highest BCUT2D eigenvalue weighted by atomic mass is 35.5. The summed E-state index contributed by atoms with van der Waals surface area (Å²) >= 11 is 7.61. The Bertz CT molecular complexity index is 1260. The second-order valence-corrected chi connectivity index (χ2v) is 9.47. The van der Waals surface area contributed by atoms with Gasteiger partial charge in [-0.1, -0.05) is 22.9 Å². The number of aryl methyl sites for hydroxylation is 1. The molecule has 30 heavy (non-hydrogen) atoms. The Morgan fingerprint density at radius 1 is 1.20 bits per heavy atom. The highest BCUT2D eigenvalue weighted by molar-refractivity contribution is 7.22. The summed E-state index contributed by atoms with van der Waals surface area (Å²) in [5, 5.41) is 4.76. The molecule has 2 aromatic carbocycles. The van der Waals surface area contributed by atoms with E-state index in [0.29, 0.717) is 23.3 Å². The standard InChI is InChI=1S/C22H22ClN5OS/c1-27-8-7-13(12-27)9-19(29)14-3-6-18-17(10-14)24-21(28(18)2)26-22-25-16-5-4-15(23)11-20(16)30-22/h3-6,10-11,13H,7-9,12H2,1-2H3,(H,24,25,26)/t13-/m0/s1. The first-order chi connectivity index (χ1) is 14.5. The van der Waals surface area contributed by atoms with Crippen molar-refractivity contribution in [2.24, 2.45) is 13.0 Å². The molecule has 0 spiro atoms. The highest BCUT2D eigenvalue weighted by Gasteiger charge is 2.23. The first kappa shape index (κ1) is 19.5. The predicted molar refractivity (Wildman–Crippen MR) is 123 cm³/mol. The summed E-state index contributed by atoms with van der Waals surface area (Å²) in [5.74, 6) is 1.34. The van der Waals surface area contributed by atoms with Gasteiger partial charge in [-0.2, -0.15) is 0 Å². The molecule has 0 aliphatic carbocycles. The van der Waals surface area contributed by atoms with Gasteiger partial charge in [-0.25, -0.2) is 9.97 Å². The third-order valence-electron chi connectivity index (χ3n) is 5.74. The van der Waals surface area contributed by atoms with Crippen molar-refractivity contribution in [3.63, 3.8) is 0 Å². The van der Waals surface area contributed by atoms with Gasteiger partial charge in [-0.3, -0.25) is 4.79 Å². The molecule has 0 unspecified atom stereocenters. The van der Waals surface area contributed by atoms with Crippen molar-refractivity contribution < 1.29 is 4.79 Å². The number of halogens is 1. The van der Waals surface area contributed by atoms with Crippen molar-refractivity contribution in [3.05, 3.63) is 47.0 Å². The van der Waals surface area contributed by atoms with Crippen molar-refractivity contribution in [1.82, 2.24) is 19.4 Å². The second-order valence-electron chi connectivity index (χ2n) is 8.00. The molecule has 0 bridgehead atoms. The third-order valence-corrected chi connectivity index (χ3v) is 6.90. The molecule has 1 aliphatic heterocycles. The lowest BCUT2D eigenvalue weighted by atomic mass is 9.97. The van der Waals surface area contributed by atoms with Crippen LogP contribution in [0.25, 0.3) is 21.3 Å². The van der Waals surface area contributed by atoms with E-state index in [2.05, 4.69) is 22.2 Å². The Balaban J connectivity index is 1.39. The van der Waals surface area contributed by atoms with Crippen molar-refractivity contribution in [3.8, 4) is 0 Å². The summed E-state index contributed by atoms with van der Waals surface area (Å²) in [6.07, 6.45) is 1.69. The van der Waals surface area contributed by atoms with Crippen molar-refractivity contribution >= 4 is 61.1 Å². The van der Waals surface area contributed by atoms with E-state index in [0.717, 1.165) is 51.5 Å². The molecule has 6 nitrogen and oxygen atoms in total. The number of hydrogen-bond acceptors (Lipinski definition) is 6. The maximum absolute atomic E-state index is 12.8. The van der Waals surface area contributed by atoms with E-state index in [1.54, 1.807) is 0 Å². The monoisotopic (exact) mass is 439 g/mol. The number of benzene rings is 2. The van der Waals surface area contributed by atoms with E-state index in [9.17, 15) is 4.79 Å². The minimum atomic E-state index is 0.195. The fraction of sp³-hybridized carbons (Fsp3) is 0.318. The zero-order chi connectivity index (χ0) is 20.8. The zero-order valence-corrected chi connectivity index (χ0v) is 18.4. The van der Waals surface area contributed by atoms with Crippen LogP contribution in [-0.2, 0) is 7.05 Å². The fourth-order valence-electron chi connectivity index (χ4n) is 4.11. The molecule has 2 aromatic heterocycles. The Hall–Kier alpha value is -2.48. The van der Waals surface area contributed by atoms with Crippen LogP contribution in [0.1, 0.15) is 23.2 Å². The molecular weight excluding hydrogens is 418 g/mol. The average Bonchev–Trinajstić information content (AvgIpc) is 3.39. The summed E-state index contributed by atoms with van der Waals surface area (Å²) in [4.78, 5) is 24.4. The van der Waals surface area contributed by atoms with Gasteiger partial charge in [0.25, 0.3) is 0 Å². The quantitative estimate of drug-likeness (QED) is 0.438. The Morgan fingerprint density at radius 2 is 2.07 bits per heavy atom. The molecule has 154 valence electrons. The molecule has 3 heterocycles. The van der Waals surface area contributed by atoms with Gasteiger partial charge in [-0.15, -0.1) is 0 Å². The maximum Gasteiger partial charge on any atom is 0.209 e. The first-order valence-electron chi connectivity index (χ1n) is 9.97. The van der Waals surface area contributed by atoms with Gasteiger partial charge in [0.2, 0.25) is 5.95 Å². The van der Waals surface area contributed by atoms with Crippen LogP contribution in [0.4, 0.5) is 11.1 Å². The number of imidazole rings is 1. The summed E-state index contributed by atoms with van der Waals surface area (Å²) in [6, 6.07) is 11.4. The lowest BCUT2D eigenvalue weighted by molar-refractivity contribution is 0.0963. The Kier molecular flexibility index (Phi) is 4.97. The molecule has 1 saturated heterocycles.